The van der Waals surface area contributed by atoms with Crippen molar-refractivity contribution in [3.05, 3.63) is 44.7 Å². The lowest BCUT2D eigenvalue weighted by Crippen LogP contribution is -2.53. The third kappa shape index (κ3) is 6.48. The number of sulfonamides is 1. The first-order chi connectivity index (χ1) is 16.7. The molecule has 0 atom stereocenters. The van der Waals surface area contributed by atoms with Gasteiger partial charge in [0.05, 0.1) is 21.7 Å². The maximum Gasteiger partial charge on any atom is 0.331 e. The van der Waals surface area contributed by atoms with Crippen molar-refractivity contribution in [2.45, 2.75) is 13.5 Å². The summed E-state index contributed by atoms with van der Waals surface area (Å²) in [4.78, 5) is 22.6. The zero-order valence-electron chi connectivity index (χ0n) is 18.6. The molecule has 35 heavy (non-hydrogen) atoms. The molecule has 11 nitrogen and oxygen atoms in total. The van der Waals surface area contributed by atoms with E-state index in [4.69, 9.17) is 23.2 Å². The number of hydrogen-bond acceptors (Lipinski definition) is 9. The third-order valence-corrected chi connectivity index (χ3v) is 7.71. The van der Waals surface area contributed by atoms with Crippen molar-refractivity contribution in [3.63, 3.8) is 0 Å². The number of urea groups is 1. The second-order valence-corrected chi connectivity index (χ2v) is 11.5. The van der Waals surface area contributed by atoms with Crippen molar-refractivity contribution in [2.24, 2.45) is 0 Å². The van der Waals surface area contributed by atoms with Gasteiger partial charge in [0.1, 0.15) is 5.82 Å². The highest BCUT2D eigenvalue weighted by molar-refractivity contribution is 7.90. The van der Waals surface area contributed by atoms with Crippen LogP contribution in [0.5, 0.6) is 0 Å². The van der Waals surface area contributed by atoms with Crippen LogP contribution in [0.25, 0.3) is 17.5 Å². The number of carbonyl (C=O) groups is 1. The van der Waals surface area contributed by atoms with E-state index in [0.717, 1.165) is 4.88 Å². The number of hydrogen-bond donors (Lipinski definition) is 1. The number of nitrogens with one attached hydrogen (secondary N) is 1. The molecule has 1 aliphatic heterocycles. The lowest BCUT2D eigenvalue weighted by Gasteiger charge is -2.35. The quantitative estimate of drug-likeness (QED) is 0.470. The normalized spacial score (nSPS) is 14.6. The smallest absolute Gasteiger partial charge is 0.331 e. The second kappa shape index (κ2) is 10.9. The summed E-state index contributed by atoms with van der Waals surface area (Å²) in [5, 5.41) is 12.6. The lowest BCUT2D eigenvalue weighted by atomic mass is 10.2. The van der Waals surface area contributed by atoms with Crippen LogP contribution in [0.3, 0.4) is 0 Å². The molecule has 1 saturated heterocycles. The number of amides is 2. The third-order valence-electron chi connectivity index (χ3n) is 5.12. The Hall–Kier alpha value is -2.74. The molecule has 4 rings (SSSR count). The summed E-state index contributed by atoms with van der Waals surface area (Å²) in [6, 6.07) is 4.59. The van der Waals surface area contributed by atoms with Crippen LogP contribution in [0.4, 0.5) is 10.6 Å². The highest BCUT2D eigenvalue weighted by Crippen LogP contribution is 2.28. The minimum absolute atomic E-state index is 0.316. The van der Waals surface area contributed by atoms with Crippen LogP contribution in [0.2, 0.25) is 9.36 Å². The Morgan fingerprint density at radius 1 is 1.23 bits per heavy atom. The van der Waals surface area contributed by atoms with Crippen LogP contribution < -0.4 is 9.62 Å². The van der Waals surface area contributed by atoms with Crippen LogP contribution >= 0.6 is 34.5 Å². The Morgan fingerprint density at radius 3 is 2.63 bits per heavy atom. The Labute approximate surface area is 216 Å². The number of nitrogens with zero attached hydrogens (tertiary/aromatic N) is 7. The van der Waals surface area contributed by atoms with E-state index in [9.17, 15) is 13.2 Å². The number of tetrazole rings is 1. The number of pyridine rings is 1. The first-order valence-electron chi connectivity index (χ1n) is 10.6. The van der Waals surface area contributed by atoms with Crippen LogP contribution in [-0.2, 0) is 16.6 Å². The van der Waals surface area contributed by atoms with Gasteiger partial charge in [-0.15, -0.1) is 21.5 Å². The van der Waals surface area contributed by atoms with Crippen molar-refractivity contribution in [1.29, 1.82) is 0 Å². The largest absolute Gasteiger partial charge is 0.352 e. The van der Waals surface area contributed by atoms with Crippen molar-refractivity contribution in [2.75, 3.05) is 36.8 Å². The maximum atomic E-state index is 12.5. The number of carbonyl (C=O) groups excluding carboxylic acids is 1. The first kappa shape index (κ1) is 25.4. The van der Waals surface area contributed by atoms with E-state index in [-0.39, 0.29) is 5.75 Å². The molecule has 0 bridgehead atoms. The molecule has 1 aliphatic rings. The van der Waals surface area contributed by atoms with E-state index in [2.05, 4.69) is 25.1 Å². The fourth-order valence-corrected chi connectivity index (χ4v) is 5.45. The molecule has 0 aliphatic carbocycles. The van der Waals surface area contributed by atoms with Gasteiger partial charge in [-0.2, -0.15) is 4.80 Å². The zero-order valence-corrected chi connectivity index (χ0v) is 21.8. The molecule has 186 valence electrons. The zero-order chi connectivity index (χ0) is 25.0. The highest BCUT2D eigenvalue weighted by atomic mass is 35.5. The molecule has 0 aromatic carbocycles. The first-order valence-corrected chi connectivity index (χ1v) is 13.9. The van der Waals surface area contributed by atoms with Crippen molar-refractivity contribution in [1.82, 2.24) is 34.8 Å². The van der Waals surface area contributed by atoms with E-state index in [0.29, 0.717) is 59.3 Å². The van der Waals surface area contributed by atoms with Gasteiger partial charge in [-0.05, 0) is 36.4 Å². The van der Waals surface area contributed by atoms with E-state index < -0.39 is 16.1 Å². The number of thiophene rings is 1. The Bertz CT molecular complexity index is 1330. The van der Waals surface area contributed by atoms with Gasteiger partial charge in [0, 0.05) is 42.8 Å². The SMILES string of the molecule is CCn1nnc(-c2cnc(N3CCN(C(=O)NS(=O)(=O)CC=Cc4ccc(Cl)s4)CC3)c(Cl)c2)n1. The number of aryl methyl sites for hydroxylation is 1. The summed E-state index contributed by atoms with van der Waals surface area (Å²) in [7, 11) is -3.82. The van der Waals surface area contributed by atoms with Gasteiger partial charge in [-0.1, -0.05) is 29.3 Å². The predicted molar refractivity (Wildman–Crippen MR) is 136 cm³/mol. The molecule has 0 radical (unpaired) electrons. The van der Waals surface area contributed by atoms with Gasteiger partial charge >= 0.3 is 6.03 Å². The van der Waals surface area contributed by atoms with Crippen LogP contribution in [0.1, 0.15) is 11.8 Å². The van der Waals surface area contributed by atoms with Gasteiger partial charge in [-0.25, -0.2) is 22.9 Å². The molecule has 3 aromatic heterocycles. The van der Waals surface area contributed by atoms with E-state index in [1.165, 1.54) is 27.1 Å². The molecule has 4 heterocycles. The average Bonchev–Trinajstić information content (AvgIpc) is 3.47. The lowest BCUT2D eigenvalue weighted by molar-refractivity contribution is 0.200. The highest BCUT2D eigenvalue weighted by Gasteiger charge is 2.26. The van der Waals surface area contributed by atoms with Crippen LogP contribution in [0.15, 0.2) is 30.5 Å². The summed E-state index contributed by atoms with van der Waals surface area (Å²) >= 11 is 13.7. The Kier molecular flexibility index (Phi) is 7.89. The monoisotopic (exact) mass is 556 g/mol. The molecule has 0 unspecified atom stereocenters. The van der Waals surface area contributed by atoms with E-state index in [1.54, 1.807) is 30.5 Å². The van der Waals surface area contributed by atoms with Crippen molar-refractivity contribution >= 4 is 62.5 Å². The van der Waals surface area contributed by atoms with Gasteiger partial charge in [0.15, 0.2) is 0 Å². The number of rotatable bonds is 7. The Morgan fingerprint density at radius 2 is 2.00 bits per heavy atom. The molecule has 3 aromatic rings. The molecule has 0 saturated carbocycles. The summed E-state index contributed by atoms with van der Waals surface area (Å²) in [5.41, 5.74) is 0.651. The summed E-state index contributed by atoms with van der Waals surface area (Å²) in [6.07, 6.45) is 4.76. The molecule has 1 N–H and O–H groups in total. The standard InChI is InChI=1S/C20H22Cl2N8O3S2/c1-2-30-25-18(24-27-30)14-12-16(21)19(23-13-14)28-7-9-29(10-8-28)20(31)26-35(32,33)11-3-4-15-5-6-17(22)34-15/h3-6,12-13H,2,7-11H2,1H3,(H,26,31). The maximum absolute atomic E-state index is 12.5. The molecule has 2 amide bonds. The van der Waals surface area contributed by atoms with Gasteiger partial charge < -0.3 is 9.80 Å². The van der Waals surface area contributed by atoms with E-state index >= 15 is 0 Å². The van der Waals surface area contributed by atoms with E-state index in [1.807, 2.05) is 11.8 Å². The molecule has 0 spiro atoms. The summed E-state index contributed by atoms with van der Waals surface area (Å²) < 4.78 is 27.3. The van der Waals surface area contributed by atoms with Crippen molar-refractivity contribution in [3.8, 4) is 11.4 Å². The number of aromatic nitrogens is 5. The fourth-order valence-electron chi connectivity index (χ4n) is 3.35. The minimum atomic E-state index is -3.82. The second-order valence-electron chi connectivity index (χ2n) is 7.54. The summed E-state index contributed by atoms with van der Waals surface area (Å²) in [6.45, 7) is 4.04. The van der Waals surface area contributed by atoms with Crippen LogP contribution in [-0.4, -0.2) is 76.5 Å². The molecule has 15 heteroatoms. The average molecular weight is 557 g/mol. The number of anilines is 1. The molecule has 1 fully saturated rings. The Balaban J connectivity index is 1.30. The number of halogens is 2. The minimum Gasteiger partial charge on any atom is -0.352 e. The van der Waals surface area contributed by atoms with Crippen molar-refractivity contribution < 1.29 is 13.2 Å². The molecular formula is C20H22Cl2N8O3S2. The van der Waals surface area contributed by atoms with Gasteiger partial charge in [0.2, 0.25) is 15.8 Å². The van der Waals surface area contributed by atoms with Gasteiger partial charge in [-0.3, -0.25) is 0 Å². The summed E-state index contributed by atoms with van der Waals surface area (Å²) in [5.74, 6) is 0.690. The van der Waals surface area contributed by atoms with Gasteiger partial charge in [0.25, 0.3) is 0 Å². The predicted octanol–water partition coefficient (Wildman–Crippen LogP) is 3.00. The molecular weight excluding hydrogens is 535 g/mol. The fraction of sp³-hybridized carbons (Fsp3) is 0.350. The topological polar surface area (TPSA) is 126 Å². The number of piperazine rings is 1. The van der Waals surface area contributed by atoms with Crippen LogP contribution in [0, 0.1) is 0 Å².